The van der Waals surface area contributed by atoms with Crippen molar-refractivity contribution in [1.82, 2.24) is 4.57 Å². The monoisotopic (exact) mass is 269 g/mol. The Morgan fingerprint density at radius 2 is 2.30 bits per heavy atom. The van der Waals surface area contributed by atoms with E-state index in [9.17, 15) is 10.1 Å². The van der Waals surface area contributed by atoms with E-state index in [2.05, 4.69) is 6.07 Å². The number of aromatic nitrogens is 1. The van der Waals surface area contributed by atoms with Crippen LogP contribution >= 0.6 is 0 Å². The number of allylic oxidation sites excluding steroid dienone is 3. The molecule has 2 N–H and O–H groups in total. The van der Waals surface area contributed by atoms with E-state index in [0.29, 0.717) is 29.7 Å². The van der Waals surface area contributed by atoms with Crippen molar-refractivity contribution in [2.75, 3.05) is 0 Å². The smallest absolute Gasteiger partial charge is 0.205 e. The van der Waals surface area contributed by atoms with E-state index in [4.69, 9.17) is 10.5 Å². The number of nitriles is 1. The summed E-state index contributed by atoms with van der Waals surface area (Å²) in [5.41, 5.74) is 7.67. The molecule has 1 aliphatic carbocycles. The lowest BCUT2D eigenvalue weighted by Crippen LogP contribution is -2.28. The normalized spacial score (nSPS) is 22.4. The van der Waals surface area contributed by atoms with E-state index in [1.165, 1.54) is 0 Å². The van der Waals surface area contributed by atoms with Crippen molar-refractivity contribution in [1.29, 1.82) is 5.26 Å². The Bertz CT molecular complexity index is 688. The third-order valence-electron chi connectivity index (χ3n) is 3.88. The van der Waals surface area contributed by atoms with Gasteiger partial charge in [-0.25, -0.2) is 0 Å². The van der Waals surface area contributed by atoms with Gasteiger partial charge >= 0.3 is 0 Å². The maximum Gasteiger partial charge on any atom is 0.205 e. The standard InChI is InChI=1S/C15H15N3O2/c1-18-7-3-4-10(18)13-9(8-16)15(17)20-12-6-2-5-11(19)14(12)13/h3-4,7,13H,2,5-6,17H2,1H3/t13-/m1/s1. The van der Waals surface area contributed by atoms with Gasteiger partial charge < -0.3 is 15.0 Å². The minimum Gasteiger partial charge on any atom is -0.444 e. The van der Waals surface area contributed by atoms with E-state index in [0.717, 1.165) is 12.1 Å². The van der Waals surface area contributed by atoms with Gasteiger partial charge in [-0.15, -0.1) is 0 Å². The van der Waals surface area contributed by atoms with E-state index in [-0.39, 0.29) is 11.7 Å². The van der Waals surface area contributed by atoms with Crippen LogP contribution in [0.5, 0.6) is 0 Å². The molecule has 0 fully saturated rings. The number of ketones is 1. The number of hydrogen-bond acceptors (Lipinski definition) is 4. The van der Waals surface area contributed by atoms with Gasteiger partial charge in [-0.05, 0) is 18.6 Å². The zero-order valence-corrected chi connectivity index (χ0v) is 11.2. The van der Waals surface area contributed by atoms with Crippen LogP contribution in [0.15, 0.2) is 41.1 Å². The van der Waals surface area contributed by atoms with Gasteiger partial charge in [0.1, 0.15) is 17.4 Å². The fourth-order valence-corrected chi connectivity index (χ4v) is 2.93. The Labute approximate surface area is 116 Å². The number of carbonyl (C=O) groups is 1. The van der Waals surface area contributed by atoms with Gasteiger partial charge in [0.25, 0.3) is 0 Å². The van der Waals surface area contributed by atoms with Crippen LogP contribution in [0.4, 0.5) is 0 Å². The summed E-state index contributed by atoms with van der Waals surface area (Å²) in [5.74, 6) is 0.394. The highest BCUT2D eigenvalue weighted by molar-refractivity contribution is 5.99. The zero-order chi connectivity index (χ0) is 14.3. The Kier molecular flexibility index (Phi) is 2.87. The third-order valence-corrected chi connectivity index (χ3v) is 3.88. The first-order valence-corrected chi connectivity index (χ1v) is 6.58. The minimum absolute atomic E-state index is 0.0534. The van der Waals surface area contributed by atoms with E-state index in [1.54, 1.807) is 0 Å². The highest BCUT2D eigenvalue weighted by atomic mass is 16.5. The Hall–Kier alpha value is -2.48. The molecule has 0 amide bonds. The van der Waals surface area contributed by atoms with Gasteiger partial charge in [0.2, 0.25) is 5.88 Å². The number of nitrogens with zero attached hydrogens (tertiary/aromatic N) is 2. The van der Waals surface area contributed by atoms with E-state index in [1.807, 2.05) is 29.9 Å². The number of hydrogen-bond donors (Lipinski definition) is 1. The first-order valence-electron chi connectivity index (χ1n) is 6.58. The first kappa shape index (κ1) is 12.5. The molecule has 1 atom stereocenters. The Balaban J connectivity index is 2.21. The van der Waals surface area contributed by atoms with Gasteiger partial charge in [-0.2, -0.15) is 5.26 Å². The molecule has 5 heteroatoms. The molecule has 0 saturated heterocycles. The molecule has 102 valence electrons. The van der Waals surface area contributed by atoms with Crippen molar-refractivity contribution in [3.05, 3.63) is 46.8 Å². The number of carbonyl (C=O) groups excluding carboxylic acids is 1. The van der Waals surface area contributed by atoms with E-state index >= 15 is 0 Å². The molecule has 0 unspecified atom stereocenters. The van der Waals surface area contributed by atoms with E-state index < -0.39 is 5.92 Å². The first-order chi connectivity index (χ1) is 9.63. The summed E-state index contributed by atoms with van der Waals surface area (Å²) in [6.07, 6.45) is 3.86. The lowest BCUT2D eigenvalue weighted by molar-refractivity contribution is -0.116. The Morgan fingerprint density at radius 3 is 2.95 bits per heavy atom. The number of rotatable bonds is 1. The van der Waals surface area contributed by atoms with Crippen LogP contribution in [0.1, 0.15) is 30.9 Å². The van der Waals surface area contributed by atoms with Gasteiger partial charge in [0.15, 0.2) is 5.78 Å². The summed E-state index contributed by atoms with van der Waals surface area (Å²) in [6.45, 7) is 0. The molecule has 2 aliphatic rings. The summed E-state index contributed by atoms with van der Waals surface area (Å²) in [7, 11) is 1.89. The lowest BCUT2D eigenvalue weighted by Gasteiger charge is -2.31. The molecule has 0 aromatic carbocycles. The molecule has 0 saturated carbocycles. The summed E-state index contributed by atoms with van der Waals surface area (Å²) >= 11 is 0. The van der Waals surface area contributed by atoms with Gasteiger partial charge in [-0.3, -0.25) is 4.79 Å². The van der Waals surface area contributed by atoms with Crippen LogP contribution in [0.2, 0.25) is 0 Å². The molecule has 1 aromatic heterocycles. The van der Waals surface area contributed by atoms with Crippen molar-refractivity contribution >= 4 is 5.78 Å². The highest BCUT2D eigenvalue weighted by Gasteiger charge is 2.38. The molecule has 1 aliphatic heterocycles. The average molecular weight is 269 g/mol. The fourth-order valence-electron chi connectivity index (χ4n) is 2.93. The summed E-state index contributed by atoms with van der Waals surface area (Å²) in [5, 5.41) is 9.39. The van der Waals surface area contributed by atoms with Crippen molar-refractivity contribution in [3.63, 3.8) is 0 Å². The number of Topliss-reactive ketones (excluding diaryl/α,β-unsaturated/α-hetero) is 1. The van der Waals surface area contributed by atoms with Crippen molar-refractivity contribution in [3.8, 4) is 6.07 Å². The lowest BCUT2D eigenvalue weighted by atomic mass is 9.79. The third kappa shape index (κ3) is 1.73. The van der Waals surface area contributed by atoms with Crippen molar-refractivity contribution < 1.29 is 9.53 Å². The van der Waals surface area contributed by atoms with Crippen LogP contribution < -0.4 is 5.73 Å². The van der Waals surface area contributed by atoms with Gasteiger partial charge in [-0.1, -0.05) is 0 Å². The predicted molar refractivity (Wildman–Crippen MR) is 71.9 cm³/mol. The maximum atomic E-state index is 12.3. The molecule has 0 radical (unpaired) electrons. The molecule has 1 aromatic rings. The number of aryl methyl sites for hydroxylation is 1. The van der Waals surface area contributed by atoms with Crippen molar-refractivity contribution in [2.45, 2.75) is 25.2 Å². The second-order valence-corrected chi connectivity index (χ2v) is 5.08. The second kappa shape index (κ2) is 4.57. The number of nitrogens with two attached hydrogens (primary N) is 1. The summed E-state index contributed by atoms with van der Waals surface area (Å²) in [6, 6.07) is 5.90. The molecule has 5 nitrogen and oxygen atoms in total. The highest BCUT2D eigenvalue weighted by Crippen LogP contribution is 2.43. The Morgan fingerprint density at radius 1 is 1.50 bits per heavy atom. The van der Waals surface area contributed by atoms with Crippen molar-refractivity contribution in [2.24, 2.45) is 12.8 Å². The van der Waals surface area contributed by atoms with Gasteiger partial charge in [0.05, 0.1) is 5.92 Å². The summed E-state index contributed by atoms with van der Waals surface area (Å²) in [4.78, 5) is 12.3. The molecule has 2 heterocycles. The molecule has 3 rings (SSSR count). The molecular formula is C15H15N3O2. The fraction of sp³-hybridized carbons (Fsp3) is 0.333. The number of ether oxygens (including phenoxy) is 1. The zero-order valence-electron chi connectivity index (χ0n) is 11.2. The summed E-state index contributed by atoms with van der Waals surface area (Å²) < 4.78 is 7.43. The van der Waals surface area contributed by atoms with Gasteiger partial charge in [0, 0.05) is 37.4 Å². The molecular weight excluding hydrogens is 254 g/mol. The largest absolute Gasteiger partial charge is 0.444 e. The van der Waals surface area contributed by atoms with Crippen LogP contribution in [-0.2, 0) is 16.6 Å². The SMILES string of the molecule is Cn1cccc1[C@H]1C(C#N)=C(N)OC2=C1C(=O)CCC2. The van der Waals surface area contributed by atoms with Crippen LogP contribution in [-0.4, -0.2) is 10.4 Å². The quantitative estimate of drug-likeness (QED) is 0.843. The predicted octanol–water partition coefficient (Wildman–Crippen LogP) is 1.84. The van der Waals surface area contributed by atoms with Crippen LogP contribution in [0.25, 0.3) is 0 Å². The maximum absolute atomic E-state index is 12.3. The average Bonchev–Trinajstić information content (AvgIpc) is 2.83. The topological polar surface area (TPSA) is 81.0 Å². The molecule has 0 bridgehead atoms. The van der Waals surface area contributed by atoms with Crippen LogP contribution in [0, 0.1) is 11.3 Å². The van der Waals surface area contributed by atoms with Crippen LogP contribution in [0.3, 0.4) is 0 Å². The minimum atomic E-state index is -0.406. The molecule has 20 heavy (non-hydrogen) atoms. The molecule has 0 spiro atoms. The second-order valence-electron chi connectivity index (χ2n) is 5.08.